The summed E-state index contributed by atoms with van der Waals surface area (Å²) in [6.45, 7) is 14.8. The fraction of sp³-hybridized carbons (Fsp3) is 0.714. The Morgan fingerprint density at radius 2 is 1.57 bits per heavy atom. The monoisotopic (exact) mass is 744 g/mol. The van der Waals surface area contributed by atoms with Gasteiger partial charge in [-0.15, -0.1) is 0 Å². The summed E-state index contributed by atoms with van der Waals surface area (Å²) < 4.78 is 52.7. The number of carbonyl (C=O) groups is 4. The number of hydrogen-bond donors (Lipinski definition) is 5. The van der Waals surface area contributed by atoms with E-state index in [0.717, 1.165) is 16.1 Å². The van der Waals surface area contributed by atoms with Crippen LogP contribution in [0.1, 0.15) is 73.8 Å². The normalized spacial score (nSPS) is 18.8. The average molecular weight is 745 g/mol. The van der Waals surface area contributed by atoms with E-state index in [1.807, 2.05) is 34.6 Å². The van der Waals surface area contributed by atoms with Crippen LogP contribution in [-0.2, 0) is 30.8 Å². The Kier molecular flexibility index (Phi) is 15.2. The molecule has 1 aliphatic heterocycles. The van der Waals surface area contributed by atoms with Crippen LogP contribution in [0.3, 0.4) is 0 Å². The van der Waals surface area contributed by atoms with Crippen molar-refractivity contribution in [2.75, 3.05) is 32.9 Å². The summed E-state index contributed by atoms with van der Waals surface area (Å²) in [6.07, 6.45) is -1.97. The quantitative estimate of drug-likeness (QED) is 0.183. The second kappa shape index (κ2) is 17.8. The van der Waals surface area contributed by atoms with E-state index >= 15 is 0 Å². The maximum absolute atomic E-state index is 14.3. The summed E-state index contributed by atoms with van der Waals surface area (Å²) in [5.41, 5.74) is -0.609. The third kappa shape index (κ3) is 13.2. The number of phenols is 1. The predicted octanol–water partition coefficient (Wildman–Crippen LogP) is 3.08. The van der Waals surface area contributed by atoms with E-state index in [0.29, 0.717) is 12.8 Å². The van der Waals surface area contributed by atoms with Crippen molar-refractivity contribution in [3.8, 4) is 5.75 Å². The molecule has 1 unspecified atom stereocenters. The SMILES string of the molecule is CC(C)C1CCN(C(=O)[C@@H](NC(=O)N[C@H](CN(C)S(C)(=O)=O)C(C)(C)C)C(C)(C)C)[C@@H]1C(=O)N[C@@H](CC(F)F)C(=O)NCCc1ccc(O)cc1. The topological polar surface area (TPSA) is 177 Å². The molecule has 1 aromatic rings. The number of urea groups is 1. The molecule has 51 heavy (non-hydrogen) atoms. The number of benzene rings is 1. The average Bonchev–Trinajstić information content (AvgIpc) is 3.44. The van der Waals surface area contributed by atoms with Crippen molar-refractivity contribution < 1.29 is 41.5 Å². The standard InChI is InChI=1S/C35H58F2N6O7S/c1-21(2)24-16-18-43(28(24)31(46)39-25(19-27(36)37)30(45)38-17-15-22-11-13-23(44)14-12-22)32(47)29(35(6,7)8)41-33(48)40-26(34(3,4)5)20-42(9)51(10,49)50/h11-14,21,24-29,44H,15-20H2,1-10H3,(H,38,45)(H,39,46)(H2,40,41,48)/t24?,25-,26+,28-,29+/m0/s1. The summed E-state index contributed by atoms with van der Waals surface area (Å²) in [6, 6.07) is 1.19. The van der Waals surface area contributed by atoms with Crippen molar-refractivity contribution in [1.82, 2.24) is 30.5 Å². The highest BCUT2D eigenvalue weighted by Crippen LogP contribution is 2.33. The lowest BCUT2D eigenvalue weighted by Crippen LogP contribution is -2.62. The Balaban J connectivity index is 2.29. The fourth-order valence-corrected chi connectivity index (χ4v) is 6.37. The highest BCUT2D eigenvalue weighted by atomic mass is 32.2. The van der Waals surface area contributed by atoms with Crippen molar-refractivity contribution >= 4 is 33.8 Å². The van der Waals surface area contributed by atoms with Crippen LogP contribution in [0.2, 0.25) is 0 Å². The fourth-order valence-electron chi connectivity index (χ4n) is 5.95. The molecule has 5 amide bonds. The molecule has 0 spiro atoms. The number of hydrogen-bond acceptors (Lipinski definition) is 7. The van der Waals surface area contributed by atoms with E-state index in [9.17, 15) is 41.5 Å². The minimum atomic E-state index is -3.54. The molecule has 1 aliphatic rings. The van der Waals surface area contributed by atoms with Crippen molar-refractivity contribution in [3.63, 3.8) is 0 Å². The van der Waals surface area contributed by atoms with E-state index in [1.54, 1.807) is 32.9 Å². The number of sulfonamides is 1. The first kappa shape index (κ1) is 43.6. The molecule has 1 aromatic carbocycles. The summed E-state index contributed by atoms with van der Waals surface area (Å²) in [5.74, 6) is -2.45. The molecule has 0 saturated carbocycles. The van der Waals surface area contributed by atoms with Crippen molar-refractivity contribution in [1.29, 1.82) is 0 Å². The van der Waals surface area contributed by atoms with E-state index < -0.39 is 81.6 Å². The van der Waals surface area contributed by atoms with Gasteiger partial charge in [0.1, 0.15) is 23.9 Å². The Morgan fingerprint density at radius 1 is 0.980 bits per heavy atom. The molecule has 13 nitrogen and oxygen atoms in total. The second-order valence-electron chi connectivity index (χ2n) is 15.9. The van der Waals surface area contributed by atoms with Crippen LogP contribution in [-0.4, -0.2) is 110 Å². The van der Waals surface area contributed by atoms with Gasteiger partial charge in [-0.2, -0.15) is 0 Å². The van der Waals surface area contributed by atoms with Crippen molar-refractivity contribution in [2.45, 2.75) is 105 Å². The van der Waals surface area contributed by atoms with Gasteiger partial charge in [0.05, 0.1) is 6.26 Å². The molecule has 5 atom stereocenters. The molecular formula is C35H58F2N6O7S. The molecule has 1 fully saturated rings. The number of nitrogens with zero attached hydrogens (tertiary/aromatic N) is 2. The number of amides is 5. The number of rotatable bonds is 15. The summed E-state index contributed by atoms with van der Waals surface area (Å²) in [4.78, 5) is 56.1. The van der Waals surface area contributed by atoms with Gasteiger partial charge < -0.3 is 31.3 Å². The number of likely N-dealkylation sites (tertiary alicyclic amines) is 1. The van der Waals surface area contributed by atoms with Crippen molar-refractivity contribution in [3.05, 3.63) is 29.8 Å². The Bertz CT molecular complexity index is 1460. The first-order valence-electron chi connectivity index (χ1n) is 17.3. The molecule has 0 bridgehead atoms. The third-order valence-electron chi connectivity index (χ3n) is 9.29. The number of alkyl halides is 2. The van der Waals surface area contributed by atoms with E-state index in [4.69, 9.17) is 0 Å². The van der Waals surface area contributed by atoms with E-state index in [1.165, 1.54) is 24.1 Å². The van der Waals surface area contributed by atoms with Gasteiger partial charge >= 0.3 is 6.03 Å². The van der Waals surface area contributed by atoms with Crippen LogP contribution in [0, 0.1) is 22.7 Å². The van der Waals surface area contributed by atoms with Crippen LogP contribution in [0.25, 0.3) is 0 Å². The van der Waals surface area contributed by atoms with Gasteiger partial charge in [0.2, 0.25) is 34.2 Å². The maximum Gasteiger partial charge on any atom is 0.315 e. The van der Waals surface area contributed by atoms with Crippen LogP contribution < -0.4 is 21.3 Å². The van der Waals surface area contributed by atoms with Gasteiger partial charge in [0.15, 0.2) is 0 Å². The number of carbonyl (C=O) groups excluding carboxylic acids is 4. The lowest BCUT2D eigenvalue weighted by atomic mass is 9.84. The van der Waals surface area contributed by atoms with Crippen LogP contribution in [0.15, 0.2) is 24.3 Å². The second-order valence-corrected chi connectivity index (χ2v) is 18.0. The molecular weight excluding hydrogens is 686 g/mol. The largest absolute Gasteiger partial charge is 0.508 e. The molecule has 0 aliphatic carbocycles. The number of aromatic hydroxyl groups is 1. The van der Waals surface area contributed by atoms with E-state index in [2.05, 4.69) is 21.3 Å². The number of phenolic OH excluding ortho intramolecular Hbond substituents is 1. The molecule has 1 saturated heterocycles. The summed E-state index contributed by atoms with van der Waals surface area (Å²) >= 11 is 0. The first-order valence-corrected chi connectivity index (χ1v) is 19.1. The Hall–Kier alpha value is -3.53. The molecule has 16 heteroatoms. The highest BCUT2D eigenvalue weighted by Gasteiger charge is 2.48. The number of halogens is 2. The molecule has 1 heterocycles. The zero-order valence-corrected chi connectivity index (χ0v) is 32.4. The lowest BCUT2D eigenvalue weighted by Gasteiger charge is -2.38. The predicted molar refractivity (Wildman–Crippen MR) is 191 cm³/mol. The third-order valence-corrected chi connectivity index (χ3v) is 10.6. The van der Waals surface area contributed by atoms with Gasteiger partial charge in [0, 0.05) is 39.1 Å². The molecule has 5 N–H and O–H groups in total. The summed E-state index contributed by atoms with van der Waals surface area (Å²) in [5, 5.41) is 20.2. The van der Waals surface area contributed by atoms with Gasteiger partial charge in [-0.25, -0.2) is 26.3 Å². The van der Waals surface area contributed by atoms with Gasteiger partial charge in [-0.1, -0.05) is 67.5 Å². The van der Waals surface area contributed by atoms with Gasteiger partial charge in [-0.3, -0.25) is 14.4 Å². The molecule has 0 aromatic heterocycles. The number of nitrogens with one attached hydrogen (secondary N) is 4. The zero-order valence-electron chi connectivity index (χ0n) is 31.5. The minimum Gasteiger partial charge on any atom is -0.508 e. The smallest absolute Gasteiger partial charge is 0.315 e. The molecule has 0 radical (unpaired) electrons. The molecule has 2 rings (SSSR count). The van der Waals surface area contributed by atoms with Crippen molar-refractivity contribution in [2.24, 2.45) is 22.7 Å². The lowest BCUT2D eigenvalue weighted by molar-refractivity contribution is -0.144. The van der Waals surface area contributed by atoms with Crippen LogP contribution >= 0.6 is 0 Å². The van der Waals surface area contributed by atoms with E-state index in [-0.39, 0.29) is 37.2 Å². The Labute approximate surface area is 301 Å². The number of likely N-dealkylation sites (N-methyl/N-ethyl adjacent to an activating group) is 1. The van der Waals surface area contributed by atoms with Crippen LogP contribution in [0.4, 0.5) is 13.6 Å². The first-order chi connectivity index (χ1) is 23.3. The minimum absolute atomic E-state index is 0.0154. The zero-order chi connectivity index (χ0) is 39.1. The van der Waals surface area contributed by atoms with Crippen LogP contribution in [0.5, 0.6) is 5.75 Å². The van der Waals surface area contributed by atoms with Gasteiger partial charge in [0.25, 0.3) is 0 Å². The molecule has 290 valence electrons. The maximum atomic E-state index is 14.3. The summed E-state index contributed by atoms with van der Waals surface area (Å²) in [7, 11) is -2.13. The van der Waals surface area contributed by atoms with Gasteiger partial charge in [-0.05, 0) is 53.2 Å². The Morgan fingerprint density at radius 3 is 2.06 bits per heavy atom. The highest BCUT2D eigenvalue weighted by molar-refractivity contribution is 7.88.